The summed E-state index contributed by atoms with van der Waals surface area (Å²) in [5.74, 6) is 0.148. The summed E-state index contributed by atoms with van der Waals surface area (Å²) in [5.41, 5.74) is -0.664. The summed E-state index contributed by atoms with van der Waals surface area (Å²) in [6.45, 7) is 6.17. The number of likely N-dealkylation sites (tertiary alicyclic amines) is 1. The first-order valence-electron chi connectivity index (χ1n) is 9.02. The van der Waals surface area contributed by atoms with Gasteiger partial charge in [-0.15, -0.1) is 0 Å². The van der Waals surface area contributed by atoms with Gasteiger partial charge in [0.1, 0.15) is 0 Å². The second kappa shape index (κ2) is 8.86. The van der Waals surface area contributed by atoms with Crippen LogP contribution in [0.2, 0.25) is 0 Å². The van der Waals surface area contributed by atoms with Crippen LogP contribution in [0.5, 0.6) is 0 Å². The summed E-state index contributed by atoms with van der Waals surface area (Å²) in [6.07, 6.45) is -3.31. The highest BCUT2D eigenvalue weighted by atomic mass is 19.4. The number of hydrogen-bond acceptors (Lipinski definition) is 3. The van der Waals surface area contributed by atoms with E-state index in [1.807, 2.05) is 0 Å². The number of nitrogens with one attached hydrogen (secondary N) is 1. The van der Waals surface area contributed by atoms with E-state index in [-0.39, 0.29) is 18.0 Å². The van der Waals surface area contributed by atoms with Crippen LogP contribution in [0.1, 0.15) is 50.3 Å². The van der Waals surface area contributed by atoms with E-state index in [0.29, 0.717) is 18.4 Å². The molecule has 1 saturated heterocycles. The van der Waals surface area contributed by atoms with Crippen LogP contribution in [0.25, 0.3) is 0 Å². The number of piperidine rings is 1. The minimum absolute atomic E-state index is 0.0923. The van der Waals surface area contributed by atoms with Crippen molar-refractivity contribution in [3.8, 4) is 0 Å². The Morgan fingerprint density at radius 1 is 1.31 bits per heavy atom. The average molecular weight is 372 g/mol. The van der Waals surface area contributed by atoms with Gasteiger partial charge in [-0.25, -0.2) is 0 Å². The topological polar surface area (TPSA) is 52.6 Å². The molecule has 0 aromatic heterocycles. The normalized spacial score (nSPS) is 18.1. The summed E-state index contributed by atoms with van der Waals surface area (Å²) in [5, 5.41) is 12.7. The van der Waals surface area contributed by atoms with Crippen molar-refractivity contribution in [1.82, 2.24) is 10.2 Å². The zero-order valence-corrected chi connectivity index (χ0v) is 15.2. The molecule has 1 fully saturated rings. The Bertz CT molecular complexity index is 597. The largest absolute Gasteiger partial charge is 0.416 e. The van der Waals surface area contributed by atoms with Gasteiger partial charge in [-0.05, 0) is 63.4 Å². The number of hydrogen-bond donors (Lipinski definition) is 2. The predicted molar refractivity (Wildman–Crippen MR) is 93.5 cm³/mol. The molecule has 7 heteroatoms. The molecule has 0 bridgehead atoms. The molecular weight excluding hydrogens is 345 g/mol. The Labute approximate surface area is 152 Å². The molecule has 0 saturated carbocycles. The molecule has 1 amide bonds. The molecule has 146 valence electrons. The molecule has 0 spiro atoms. The van der Waals surface area contributed by atoms with E-state index in [9.17, 15) is 23.1 Å². The minimum atomic E-state index is -4.45. The lowest BCUT2D eigenvalue weighted by Gasteiger charge is -2.34. The van der Waals surface area contributed by atoms with Crippen molar-refractivity contribution in [3.63, 3.8) is 0 Å². The lowest BCUT2D eigenvalue weighted by molar-refractivity contribution is -0.137. The van der Waals surface area contributed by atoms with E-state index < -0.39 is 17.8 Å². The molecule has 1 heterocycles. The van der Waals surface area contributed by atoms with Crippen LogP contribution in [0.3, 0.4) is 0 Å². The number of halogens is 3. The molecule has 1 aromatic carbocycles. The molecule has 1 atom stereocenters. The van der Waals surface area contributed by atoms with Gasteiger partial charge in [0, 0.05) is 19.0 Å². The van der Waals surface area contributed by atoms with Gasteiger partial charge in [-0.2, -0.15) is 13.2 Å². The van der Waals surface area contributed by atoms with Crippen LogP contribution in [0.15, 0.2) is 24.3 Å². The first-order chi connectivity index (χ1) is 12.2. The number of aliphatic hydroxyl groups excluding tert-OH is 1. The van der Waals surface area contributed by atoms with Gasteiger partial charge < -0.3 is 15.3 Å². The van der Waals surface area contributed by atoms with Crippen LogP contribution >= 0.6 is 0 Å². The second-order valence-corrected chi connectivity index (χ2v) is 7.22. The van der Waals surface area contributed by atoms with Gasteiger partial charge >= 0.3 is 6.18 Å². The predicted octanol–water partition coefficient (Wildman–Crippen LogP) is 3.37. The zero-order valence-electron chi connectivity index (χ0n) is 15.2. The van der Waals surface area contributed by atoms with E-state index in [1.54, 1.807) is 0 Å². The van der Waals surface area contributed by atoms with Crippen LogP contribution in [0, 0.1) is 5.92 Å². The quantitative estimate of drug-likeness (QED) is 0.805. The third kappa shape index (κ3) is 5.99. The number of rotatable bonds is 6. The fourth-order valence-electron chi connectivity index (χ4n) is 3.26. The van der Waals surface area contributed by atoms with Crippen molar-refractivity contribution in [2.24, 2.45) is 5.92 Å². The molecule has 2 rings (SSSR count). The van der Waals surface area contributed by atoms with Crippen LogP contribution in [-0.4, -0.2) is 41.6 Å². The van der Waals surface area contributed by atoms with Crippen LogP contribution < -0.4 is 5.32 Å². The summed E-state index contributed by atoms with van der Waals surface area (Å²) >= 11 is 0. The molecule has 0 aliphatic carbocycles. The molecule has 0 unspecified atom stereocenters. The Morgan fingerprint density at radius 3 is 2.54 bits per heavy atom. The first-order valence-corrected chi connectivity index (χ1v) is 9.02. The minimum Gasteiger partial charge on any atom is -0.387 e. The molecular formula is C19H27F3N2O2. The summed E-state index contributed by atoms with van der Waals surface area (Å²) in [4.78, 5) is 14.5. The molecule has 1 aliphatic rings. The summed E-state index contributed by atoms with van der Waals surface area (Å²) < 4.78 is 38.2. The second-order valence-electron chi connectivity index (χ2n) is 7.22. The van der Waals surface area contributed by atoms with Crippen LogP contribution in [0.4, 0.5) is 13.2 Å². The number of carbonyl (C=O) groups excluding carboxylic acids is 1. The smallest absolute Gasteiger partial charge is 0.387 e. The number of benzene rings is 1. The van der Waals surface area contributed by atoms with E-state index in [1.165, 1.54) is 12.1 Å². The van der Waals surface area contributed by atoms with Gasteiger partial charge in [0.2, 0.25) is 5.91 Å². The molecule has 1 aliphatic heterocycles. The Hall–Kier alpha value is -1.60. The van der Waals surface area contributed by atoms with E-state index in [2.05, 4.69) is 24.1 Å². The van der Waals surface area contributed by atoms with Gasteiger partial charge in [-0.3, -0.25) is 4.79 Å². The highest BCUT2D eigenvalue weighted by molar-refractivity contribution is 5.76. The molecule has 4 nitrogen and oxygen atoms in total. The van der Waals surface area contributed by atoms with Crippen molar-refractivity contribution >= 4 is 5.91 Å². The van der Waals surface area contributed by atoms with E-state index in [4.69, 9.17) is 0 Å². The standard InChI is InChI=1S/C19H27F3N2O2/c1-13(2)24-8-6-14(7-9-24)10-18(26)23-12-17(25)15-4-3-5-16(11-15)19(20,21)22/h3-5,11,13-14,17,25H,6-10,12H2,1-2H3,(H,23,26)/t17-/m0/s1. The maximum Gasteiger partial charge on any atom is 0.416 e. The number of alkyl halides is 3. The SMILES string of the molecule is CC(C)N1CCC(CC(=O)NC[C@H](O)c2cccc(C(F)(F)F)c2)CC1. The van der Waals surface area contributed by atoms with Gasteiger partial charge in [0.25, 0.3) is 0 Å². The zero-order chi connectivity index (χ0) is 19.3. The molecule has 2 N–H and O–H groups in total. The highest BCUT2D eigenvalue weighted by Gasteiger charge is 2.31. The molecule has 26 heavy (non-hydrogen) atoms. The van der Waals surface area contributed by atoms with Crippen molar-refractivity contribution < 1.29 is 23.1 Å². The van der Waals surface area contributed by atoms with E-state index in [0.717, 1.165) is 38.1 Å². The van der Waals surface area contributed by atoms with Gasteiger partial charge in [0.15, 0.2) is 0 Å². The summed E-state index contributed by atoms with van der Waals surface area (Å²) in [6, 6.07) is 5.06. The van der Waals surface area contributed by atoms with Crippen molar-refractivity contribution in [2.45, 2.75) is 51.4 Å². The number of carbonyl (C=O) groups is 1. The van der Waals surface area contributed by atoms with Gasteiger partial charge in [0.05, 0.1) is 11.7 Å². The fourth-order valence-corrected chi connectivity index (χ4v) is 3.26. The number of nitrogens with zero attached hydrogens (tertiary/aromatic N) is 1. The third-order valence-electron chi connectivity index (χ3n) is 4.94. The summed E-state index contributed by atoms with van der Waals surface area (Å²) in [7, 11) is 0. The Balaban J connectivity index is 1.79. The fraction of sp³-hybridized carbons (Fsp3) is 0.632. The maximum atomic E-state index is 12.7. The van der Waals surface area contributed by atoms with Crippen molar-refractivity contribution in [3.05, 3.63) is 35.4 Å². The molecule has 1 aromatic rings. The highest BCUT2D eigenvalue weighted by Crippen LogP contribution is 2.30. The monoisotopic (exact) mass is 372 g/mol. The average Bonchev–Trinajstić information content (AvgIpc) is 2.59. The number of amides is 1. The van der Waals surface area contributed by atoms with E-state index >= 15 is 0 Å². The number of aliphatic hydroxyl groups is 1. The lowest BCUT2D eigenvalue weighted by atomic mass is 9.92. The van der Waals surface area contributed by atoms with Crippen molar-refractivity contribution in [2.75, 3.05) is 19.6 Å². The lowest BCUT2D eigenvalue weighted by Crippen LogP contribution is -2.40. The van der Waals surface area contributed by atoms with Crippen LogP contribution in [-0.2, 0) is 11.0 Å². The molecule has 0 radical (unpaired) electrons. The Morgan fingerprint density at radius 2 is 1.96 bits per heavy atom. The van der Waals surface area contributed by atoms with Gasteiger partial charge in [-0.1, -0.05) is 12.1 Å². The third-order valence-corrected chi connectivity index (χ3v) is 4.94. The first kappa shape index (κ1) is 20.7. The Kier molecular flexibility index (Phi) is 7.06. The maximum absolute atomic E-state index is 12.7. The van der Waals surface area contributed by atoms with Crippen molar-refractivity contribution in [1.29, 1.82) is 0 Å².